The Hall–Kier alpha value is -2.64. The number of hydrogen-bond donors (Lipinski definition) is 1. The number of hydrogen-bond acceptors (Lipinski definition) is 5. The molecule has 3 heterocycles. The molecular weight excluding hydrogens is 306 g/mol. The van der Waals surface area contributed by atoms with E-state index < -0.39 is 0 Å². The second-order valence-corrected chi connectivity index (χ2v) is 6.93. The maximum absolute atomic E-state index is 12.3. The van der Waals surface area contributed by atoms with E-state index in [4.69, 9.17) is 0 Å². The molecule has 0 spiro atoms. The molecule has 0 saturated heterocycles. The summed E-state index contributed by atoms with van der Waals surface area (Å²) in [5.41, 5.74) is 0.217. The molecule has 0 bridgehead atoms. The smallest absolute Gasteiger partial charge is 0.263 e. The first-order valence-corrected chi connectivity index (χ1v) is 8.01. The Morgan fingerprint density at radius 1 is 1.33 bits per heavy atom. The molecule has 8 nitrogen and oxygen atoms in total. The first-order chi connectivity index (χ1) is 11.4. The lowest BCUT2D eigenvalue weighted by molar-refractivity contribution is 0.366. The maximum Gasteiger partial charge on any atom is 0.263 e. The van der Waals surface area contributed by atoms with Gasteiger partial charge in [0.25, 0.3) is 5.56 Å². The molecule has 0 amide bonds. The summed E-state index contributed by atoms with van der Waals surface area (Å²) >= 11 is 0. The molecule has 3 aromatic heterocycles. The van der Waals surface area contributed by atoms with Crippen LogP contribution in [0.1, 0.15) is 27.2 Å². The lowest BCUT2D eigenvalue weighted by atomic mass is 10.1. The summed E-state index contributed by atoms with van der Waals surface area (Å²) < 4.78 is 3.82. The number of aromatic amines is 1. The summed E-state index contributed by atoms with van der Waals surface area (Å²) in [6.45, 7) is 7.76. The van der Waals surface area contributed by atoms with Gasteiger partial charge in [0.15, 0.2) is 5.65 Å². The van der Waals surface area contributed by atoms with Gasteiger partial charge in [-0.1, -0.05) is 0 Å². The van der Waals surface area contributed by atoms with Crippen LogP contribution in [0.3, 0.4) is 0 Å². The highest BCUT2D eigenvalue weighted by Crippen LogP contribution is 2.19. The van der Waals surface area contributed by atoms with Crippen molar-refractivity contribution in [1.82, 2.24) is 29.3 Å². The van der Waals surface area contributed by atoms with Gasteiger partial charge in [-0.3, -0.25) is 9.78 Å². The Morgan fingerprint density at radius 3 is 2.79 bits per heavy atom. The van der Waals surface area contributed by atoms with Gasteiger partial charge in [0.05, 0.1) is 18.1 Å². The third-order valence-corrected chi connectivity index (χ3v) is 3.89. The quantitative estimate of drug-likeness (QED) is 0.768. The normalized spacial score (nSPS) is 12.0. The average molecular weight is 329 g/mol. The van der Waals surface area contributed by atoms with Crippen molar-refractivity contribution >= 4 is 17.0 Å². The summed E-state index contributed by atoms with van der Waals surface area (Å²) in [6.07, 6.45) is 8.01. The minimum Gasteiger partial charge on any atom is -0.345 e. The van der Waals surface area contributed by atoms with Crippen molar-refractivity contribution in [3.8, 4) is 0 Å². The number of anilines is 1. The number of aromatic nitrogens is 6. The van der Waals surface area contributed by atoms with Crippen LogP contribution in [-0.4, -0.2) is 42.9 Å². The van der Waals surface area contributed by atoms with E-state index in [9.17, 15) is 4.79 Å². The SMILES string of the molecule is CN(CCCn1ccnc1)c1nc2c(cnn2C(C)(C)C)c(=O)[nH]1. The molecule has 3 aromatic rings. The van der Waals surface area contributed by atoms with Crippen LogP contribution in [0.5, 0.6) is 0 Å². The summed E-state index contributed by atoms with van der Waals surface area (Å²) in [4.78, 5) is 25.8. The second-order valence-electron chi connectivity index (χ2n) is 6.93. The molecular formula is C16H23N7O. The molecule has 128 valence electrons. The minimum absolute atomic E-state index is 0.160. The van der Waals surface area contributed by atoms with Crippen LogP contribution in [0, 0.1) is 0 Å². The minimum atomic E-state index is -0.236. The van der Waals surface area contributed by atoms with E-state index in [-0.39, 0.29) is 11.1 Å². The van der Waals surface area contributed by atoms with E-state index in [1.165, 1.54) is 0 Å². The van der Waals surface area contributed by atoms with Crippen LogP contribution in [0.15, 0.2) is 29.7 Å². The molecule has 24 heavy (non-hydrogen) atoms. The van der Waals surface area contributed by atoms with Crippen LogP contribution >= 0.6 is 0 Å². The van der Waals surface area contributed by atoms with E-state index in [2.05, 4.69) is 20.1 Å². The van der Waals surface area contributed by atoms with Crippen molar-refractivity contribution in [3.63, 3.8) is 0 Å². The molecule has 0 aliphatic heterocycles. The van der Waals surface area contributed by atoms with Crippen LogP contribution in [-0.2, 0) is 12.1 Å². The highest BCUT2D eigenvalue weighted by molar-refractivity contribution is 5.74. The molecule has 0 saturated carbocycles. The van der Waals surface area contributed by atoms with Crippen molar-refractivity contribution in [2.45, 2.75) is 39.3 Å². The van der Waals surface area contributed by atoms with Crippen molar-refractivity contribution in [2.24, 2.45) is 0 Å². The highest BCUT2D eigenvalue weighted by atomic mass is 16.1. The molecule has 0 unspecified atom stereocenters. The zero-order valence-corrected chi connectivity index (χ0v) is 14.5. The number of imidazole rings is 1. The van der Waals surface area contributed by atoms with Gasteiger partial charge in [-0.05, 0) is 27.2 Å². The third kappa shape index (κ3) is 3.17. The number of rotatable bonds is 5. The van der Waals surface area contributed by atoms with Crippen LogP contribution in [0.4, 0.5) is 5.95 Å². The van der Waals surface area contributed by atoms with Crippen molar-refractivity contribution in [1.29, 1.82) is 0 Å². The topological polar surface area (TPSA) is 84.6 Å². The predicted octanol–water partition coefficient (Wildman–Crippen LogP) is 1.60. The van der Waals surface area contributed by atoms with Gasteiger partial charge in [-0.2, -0.15) is 10.1 Å². The molecule has 0 aliphatic carbocycles. The molecule has 8 heteroatoms. The van der Waals surface area contributed by atoms with Gasteiger partial charge >= 0.3 is 0 Å². The Kier molecular flexibility index (Phi) is 4.13. The number of aryl methyl sites for hydroxylation is 1. The Labute approximate surface area is 140 Å². The van der Waals surface area contributed by atoms with E-state index in [0.717, 1.165) is 19.5 Å². The fraction of sp³-hybridized carbons (Fsp3) is 0.500. The number of fused-ring (bicyclic) bond motifs is 1. The molecule has 0 aliphatic rings. The number of nitrogens with zero attached hydrogens (tertiary/aromatic N) is 6. The standard InChI is InChI=1S/C16H23N7O/c1-16(2,3)23-13-12(10-18-23)14(24)20-15(19-13)21(4)7-5-8-22-9-6-17-11-22/h6,9-11H,5,7-8H2,1-4H3,(H,19,20,24). The Balaban J connectivity index is 1.82. The first-order valence-electron chi connectivity index (χ1n) is 8.01. The van der Waals surface area contributed by atoms with Gasteiger partial charge < -0.3 is 9.47 Å². The second kappa shape index (κ2) is 6.10. The van der Waals surface area contributed by atoms with Crippen molar-refractivity contribution < 1.29 is 0 Å². The highest BCUT2D eigenvalue weighted by Gasteiger charge is 2.20. The third-order valence-electron chi connectivity index (χ3n) is 3.89. The van der Waals surface area contributed by atoms with Crippen LogP contribution in [0.2, 0.25) is 0 Å². The molecule has 0 fully saturated rings. The lowest BCUT2D eigenvalue weighted by Crippen LogP contribution is -2.27. The van der Waals surface area contributed by atoms with Gasteiger partial charge in [-0.25, -0.2) is 9.67 Å². The molecule has 3 rings (SSSR count). The van der Waals surface area contributed by atoms with E-state index >= 15 is 0 Å². The molecule has 0 radical (unpaired) electrons. The van der Waals surface area contributed by atoms with E-state index in [1.807, 2.05) is 43.5 Å². The molecule has 1 N–H and O–H groups in total. The average Bonchev–Trinajstić information content (AvgIpc) is 3.15. The van der Waals surface area contributed by atoms with Gasteiger partial charge in [-0.15, -0.1) is 0 Å². The van der Waals surface area contributed by atoms with E-state index in [1.54, 1.807) is 23.4 Å². The first kappa shape index (κ1) is 16.2. The monoisotopic (exact) mass is 329 g/mol. The summed E-state index contributed by atoms with van der Waals surface area (Å²) in [5, 5.41) is 4.84. The zero-order chi connectivity index (χ0) is 17.3. The fourth-order valence-electron chi connectivity index (χ4n) is 2.59. The van der Waals surface area contributed by atoms with Crippen molar-refractivity contribution in [3.05, 3.63) is 35.3 Å². The Bertz CT molecular complexity index is 870. The maximum atomic E-state index is 12.3. The largest absolute Gasteiger partial charge is 0.345 e. The van der Waals surface area contributed by atoms with Gasteiger partial charge in [0, 0.05) is 32.5 Å². The van der Waals surface area contributed by atoms with Gasteiger partial charge in [0.2, 0.25) is 5.95 Å². The zero-order valence-electron chi connectivity index (χ0n) is 14.5. The summed E-state index contributed by atoms with van der Waals surface area (Å²) in [6, 6.07) is 0. The number of nitrogens with one attached hydrogen (secondary N) is 1. The summed E-state index contributed by atoms with van der Waals surface area (Å²) in [7, 11) is 1.93. The van der Waals surface area contributed by atoms with Crippen LogP contribution < -0.4 is 10.5 Å². The predicted molar refractivity (Wildman–Crippen MR) is 93.3 cm³/mol. The van der Waals surface area contributed by atoms with E-state index in [0.29, 0.717) is 17.0 Å². The molecule has 0 aromatic carbocycles. The fourth-order valence-corrected chi connectivity index (χ4v) is 2.59. The Morgan fingerprint density at radius 2 is 2.12 bits per heavy atom. The van der Waals surface area contributed by atoms with Gasteiger partial charge in [0.1, 0.15) is 5.39 Å². The van der Waals surface area contributed by atoms with Crippen LogP contribution in [0.25, 0.3) is 11.0 Å². The molecule has 0 atom stereocenters. The van der Waals surface area contributed by atoms with Crippen molar-refractivity contribution in [2.75, 3.05) is 18.5 Å². The number of H-pyrrole nitrogens is 1. The lowest BCUT2D eigenvalue weighted by Gasteiger charge is -2.21. The summed E-state index contributed by atoms with van der Waals surface area (Å²) in [5.74, 6) is 0.559.